The standard InChI is InChI=1S/C43H50N8O4/c1-26-6-8-29(19-33(26)40(52)44-2)46-39-38-36(45-25-50(38)30-9-10-30)22-35(47-39)27-7-11-34-37(18-27)51(32-20-31(21-32)48-14-4-3-5-15-48)42(54)43(34)12-16-49(17-13-43)41(53)28-23-55-24-28/h6-8,11,18-19,22,25,28,30-32H,3-5,9-10,12-17,20-21,23-24H2,1-2H3,(H,44,52)(H,46,47). The number of pyridine rings is 1. The summed E-state index contributed by atoms with van der Waals surface area (Å²) in [6, 6.07) is 15.4. The van der Waals surface area contributed by atoms with Gasteiger partial charge in [-0.2, -0.15) is 0 Å². The van der Waals surface area contributed by atoms with Crippen molar-refractivity contribution >= 4 is 45.9 Å². The average molecular weight is 743 g/mol. The van der Waals surface area contributed by atoms with E-state index in [1.807, 2.05) is 36.4 Å². The molecule has 3 amide bonds. The van der Waals surface area contributed by atoms with Gasteiger partial charge in [-0.15, -0.1) is 0 Å². The second-order valence-corrected chi connectivity index (χ2v) is 16.8. The van der Waals surface area contributed by atoms with Crippen LogP contribution in [0.3, 0.4) is 0 Å². The van der Waals surface area contributed by atoms with E-state index in [0.29, 0.717) is 62.6 Å². The number of carbonyl (C=O) groups is 3. The molecular formula is C43H50N8O4. The largest absolute Gasteiger partial charge is 0.380 e. The predicted molar refractivity (Wildman–Crippen MR) is 211 cm³/mol. The lowest BCUT2D eigenvalue weighted by atomic mass is 9.73. The number of fused-ring (bicyclic) bond motifs is 3. The van der Waals surface area contributed by atoms with E-state index in [0.717, 1.165) is 83.6 Å². The van der Waals surface area contributed by atoms with E-state index < -0.39 is 5.41 Å². The molecular weight excluding hydrogens is 693 g/mol. The van der Waals surface area contributed by atoms with Crippen LogP contribution in [0.5, 0.6) is 0 Å². The molecule has 0 radical (unpaired) electrons. The molecule has 2 aromatic carbocycles. The molecule has 2 N–H and O–H groups in total. The molecule has 55 heavy (non-hydrogen) atoms. The zero-order chi connectivity index (χ0) is 37.4. The lowest BCUT2D eigenvalue weighted by molar-refractivity contribution is -0.152. The summed E-state index contributed by atoms with van der Waals surface area (Å²) in [6.07, 6.45) is 11.2. The summed E-state index contributed by atoms with van der Waals surface area (Å²) in [6.45, 7) is 6.40. The van der Waals surface area contributed by atoms with Gasteiger partial charge in [0.1, 0.15) is 5.52 Å². The van der Waals surface area contributed by atoms with Crippen LogP contribution in [0, 0.1) is 12.8 Å². The first-order valence-electron chi connectivity index (χ1n) is 20.4. The lowest BCUT2D eigenvalue weighted by Crippen LogP contribution is -2.59. The summed E-state index contributed by atoms with van der Waals surface area (Å²) in [5, 5.41) is 6.32. The van der Waals surface area contributed by atoms with E-state index >= 15 is 0 Å². The van der Waals surface area contributed by atoms with Gasteiger partial charge >= 0.3 is 0 Å². The van der Waals surface area contributed by atoms with Gasteiger partial charge < -0.3 is 34.6 Å². The number of nitrogens with one attached hydrogen (secondary N) is 2. The number of nitrogens with zero attached hydrogens (tertiary/aromatic N) is 6. The number of ether oxygens (including phenoxy) is 1. The molecule has 0 bridgehead atoms. The van der Waals surface area contributed by atoms with Crippen molar-refractivity contribution in [2.45, 2.75) is 88.3 Å². The van der Waals surface area contributed by atoms with Gasteiger partial charge in [0.15, 0.2) is 5.82 Å². The molecule has 12 heteroatoms. The molecule has 10 rings (SSSR count). The lowest BCUT2D eigenvalue weighted by Gasteiger charge is -2.48. The Morgan fingerprint density at radius 2 is 1.69 bits per heavy atom. The Bertz CT molecular complexity index is 2190. The maximum atomic E-state index is 14.9. The summed E-state index contributed by atoms with van der Waals surface area (Å²) in [4.78, 5) is 57.7. The van der Waals surface area contributed by atoms with E-state index in [9.17, 15) is 14.4 Å². The molecule has 6 heterocycles. The van der Waals surface area contributed by atoms with Gasteiger partial charge in [0.25, 0.3) is 5.91 Å². The van der Waals surface area contributed by atoms with Gasteiger partial charge in [-0.1, -0.05) is 24.6 Å². The second-order valence-electron chi connectivity index (χ2n) is 16.8. The number of aromatic nitrogens is 3. The Balaban J connectivity index is 1.02. The van der Waals surface area contributed by atoms with Crippen molar-refractivity contribution < 1.29 is 19.1 Å². The molecule has 2 saturated carbocycles. The topological polar surface area (TPSA) is 125 Å². The normalized spacial score (nSPS) is 23.8. The van der Waals surface area contributed by atoms with Gasteiger partial charge in [0.05, 0.1) is 42.1 Å². The molecule has 2 aromatic heterocycles. The van der Waals surface area contributed by atoms with Crippen LogP contribution in [0.1, 0.15) is 85.3 Å². The molecule has 12 nitrogen and oxygen atoms in total. The van der Waals surface area contributed by atoms with Crippen molar-refractivity contribution in [3.63, 3.8) is 0 Å². The third kappa shape index (κ3) is 5.82. The maximum Gasteiger partial charge on any atom is 0.251 e. The number of hydrogen-bond acceptors (Lipinski definition) is 8. The quantitative estimate of drug-likeness (QED) is 0.235. The Labute approximate surface area is 321 Å². The van der Waals surface area contributed by atoms with Crippen molar-refractivity contribution in [2.24, 2.45) is 5.92 Å². The number of aryl methyl sites for hydroxylation is 1. The average Bonchev–Trinajstić information content (AvgIpc) is 3.88. The Kier molecular flexibility index (Phi) is 8.47. The van der Waals surface area contributed by atoms with Crippen LogP contribution in [0.15, 0.2) is 48.8 Å². The minimum Gasteiger partial charge on any atom is -0.380 e. The second kappa shape index (κ2) is 13.4. The van der Waals surface area contributed by atoms with Crippen LogP contribution in [-0.4, -0.2) is 101 Å². The van der Waals surface area contributed by atoms with Crippen LogP contribution >= 0.6 is 0 Å². The first-order chi connectivity index (χ1) is 26.8. The number of imidazole rings is 1. The number of amides is 3. The summed E-state index contributed by atoms with van der Waals surface area (Å²) in [5.74, 6) is 0.856. The number of benzene rings is 2. The number of hydrogen-bond donors (Lipinski definition) is 2. The van der Waals surface area contributed by atoms with Gasteiger partial charge in [0, 0.05) is 60.8 Å². The van der Waals surface area contributed by atoms with E-state index in [1.165, 1.54) is 19.3 Å². The molecule has 5 fully saturated rings. The highest BCUT2D eigenvalue weighted by molar-refractivity contribution is 6.09. The number of carbonyl (C=O) groups excluding carboxylic acids is 3. The fourth-order valence-corrected chi connectivity index (χ4v) is 9.83. The maximum absolute atomic E-state index is 14.9. The van der Waals surface area contributed by atoms with Crippen LogP contribution in [0.2, 0.25) is 0 Å². The summed E-state index contributed by atoms with van der Waals surface area (Å²) in [5.41, 5.74) is 7.21. The van der Waals surface area contributed by atoms with E-state index in [2.05, 4.69) is 49.3 Å². The van der Waals surface area contributed by atoms with Gasteiger partial charge in [-0.05, 0) is 107 Å². The van der Waals surface area contributed by atoms with E-state index in [1.54, 1.807) is 7.05 Å². The molecule has 0 atom stereocenters. The number of rotatable bonds is 8. The molecule has 1 spiro atoms. The van der Waals surface area contributed by atoms with Gasteiger partial charge in [-0.3, -0.25) is 14.4 Å². The fraction of sp³-hybridized carbons (Fsp3) is 0.512. The third-order valence-corrected chi connectivity index (χ3v) is 13.4. The highest BCUT2D eigenvalue weighted by Gasteiger charge is 2.56. The van der Waals surface area contributed by atoms with E-state index in [-0.39, 0.29) is 29.7 Å². The molecule has 4 aromatic rings. The minimum atomic E-state index is -0.641. The molecule has 2 aliphatic carbocycles. The smallest absolute Gasteiger partial charge is 0.251 e. The van der Waals surface area contributed by atoms with Gasteiger partial charge in [0.2, 0.25) is 11.8 Å². The van der Waals surface area contributed by atoms with Gasteiger partial charge in [-0.25, -0.2) is 9.97 Å². The van der Waals surface area contributed by atoms with Crippen LogP contribution in [-0.2, 0) is 19.7 Å². The fourth-order valence-electron chi connectivity index (χ4n) is 9.83. The van der Waals surface area contributed by atoms with Crippen LogP contribution in [0.4, 0.5) is 17.2 Å². The minimum absolute atomic E-state index is 0.0508. The third-order valence-electron chi connectivity index (χ3n) is 13.4. The Hall–Kier alpha value is -4.81. The Morgan fingerprint density at radius 3 is 2.40 bits per heavy atom. The monoisotopic (exact) mass is 742 g/mol. The number of piperidine rings is 2. The van der Waals surface area contributed by atoms with Crippen molar-refractivity contribution in [2.75, 3.05) is 56.7 Å². The first-order valence-corrected chi connectivity index (χ1v) is 20.4. The summed E-state index contributed by atoms with van der Waals surface area (Å²) < 4.78 is 7.54. The SMILES string of the molecule is CNC(=O)c1cc(Nc2nc(-c3ccc4c(c3)N(C3CC(N5CCCCC5)C3)C(=O)C43CCN(C(=O)C4COC4)CC3)cc3ncn(C4CC4)c23)ccc1C. The predicted octanol–water partition coefficient (Wildman–Crippen LogP) is 5.71. The van der Waals surface area contributed by atoms with Crippen molar-refractivity contribution in [1.29, 1.82) is 0 Å². The molecule has 6 aliphatic rings. The molecule has 4 aliphatic heterocycles. The molecule has 3 saturated heterocycles. The van der Waals surface area contributed by atoms with E-state index in [4.69, 9.17) is 14.7 Å². The van der Waals surface area contributed by atoms with Crippen molar-refractivity contribution in [1.82, 2.24) is 29.7 Å². The van der Waals surface area contributed by atoms with Crippen molar-refractivity contribution in [3.05, 3.63) is 65.5 Å². The van der Waals surface area contributed by atoms with Crippen molar-refractivity contribution in [3.8, 4) is 11.3 Å². The van der Waals surface area contributed by atoms with Crippen LogP contribution in [0.25, 0.3) is 22.3 Å². The zero-order valence-electron chi connectivity index (χ0n) is 31.9. The number of likely N-dealkylation sites (tertiary alicyclic amines) is 2. The highest BCUT2D eigenvalue weighted by Crippen LogP contribution is 2.52. The molecule has 286 valence electrons. The highest BCUT2D eigenvalue weighted by atomic mass is 16.5. The summed E-state index contributed by atoms with van der Waals surface area (Å²) in [7, 11) is 1.64. The summed E-state index contributed by atoms with van der Waals surface area (Å²) >= 11 is 0. The Morgan fingerprint density at radius 1 is 0.909 bits per heavy atom. The number of anilines is 3. The first kappa shape index (κ1) is 34.7. The van der Waals surface area contributed by atoms with Crippen LogP contribution < -0.4 is 15.5 Å². The zero-order valence-corrected chi connectivity index (χ0v) is 31.9. The molecule has 0 unspecified atom stereocenters.